The number of likely N-dealkylation sites (N-methyl/N-ethyl adjacent to an activating group) is 1. The lowest BCUT2D eigenvalue weighted by Gasteiger charge is -2.16. The number of carbonyl (C=O) groups excluding carboxylic acids is 1. The molecule has 3 nitrogen and oxygen atoms in total. The molecular weight excluding hydrogens is 313 g/mol. The Balaban J connectivity index is 2.96. The van der Waals surface area contributed by atoms with Crippen LogP contribution in [0, 0.1) is 0 Å². The zero-order valence-corrected chi connectivity index (χ0v) is 11.3. The molecule has 1 atom stereocenters. The summed E-state index contributed by atoms with van der Waals surface area (Å²) in [5.74, 6) is -0.300. The van der Waals surface area contributed by atoms with Crippen molar-refractivity contribution < 1.29 is 18.0 Å². The highest BCUT2D eigenvalue weighted by Crippen LogP contribution is 2.36. The summed E-state index contributed by atoms with van der Waals surface area (Å²) < 4.78 is 37.9. The van der Waals surface area contributed by atoms with Crippen LogP contribution in [-0.2, 0) is 11.0 Å². The van der Waals surface area contributed by atoms with Gasteiger partial charge in [-0.1, -0.05) is 15.9 Å². The van der Waals surface area contributed by atoms with E-state index in [1.54, 1.807) is 6.92 Å². The fraction of sp³-hybridized carbons (Fsp3) is 0.364. The zero-order valence-electron chi connectivity index (χ0n) is 9.73. The Hall–Kier alpha value is -1.24. The Morgan fingerprint density at radius 1 is 1.39 bits per heavy atom. The van der Waals surface area contributed by atoms with Crippen molar-refractivity contribution in [3.63, 3.8) is 0 Å². The minimum absolute atomic E-state index is 0.0341. The number of halogens is 4. The molecule has 1 amide bonds. The summed E-state index contributed by atoms with van der Waals surface area (Å²) in [6.07, 6.45) is -4.44. The van der Waals surface area contributed by atoms with Crippen LogP contribution in [0.25, 0.3) is 0 Å². The lowest BCUT2D eigenvalue weighted by atomic mass is 10.2. The maximum atomic E-state index is 12.7. The van der Waals surface area contributed by atoms with Gasteiger partial charge in [0, 0.05) is 17.2 Å². The van der Waals surface area contributed by atoms with Crippen molar-refractivity contribution in [2.75, 3.05) is 12.4 Å². The predicted molar refractivity (Wildman–Crippen MR) is 66.3 cm³/mol. The molecule has 1 rings (SSSR count). The van der Waals surface area contributed by atoms with Crippen molar-refractivity contribution in [3.05, 3.63) is 28.2 Å². The molecule has 0 heterocycles. The third-order valence-corrected chi connectivity index (χ3v) is 2.99. The van der Waals surface area contributed by atoms with Crippen LogP contribution in [0.3, 0.4) is 0 Å². The normalized spacial score (nSPS) is 13.0. The number of hydrogen-bond donors (Lipinski definition) is 2. The van der Waals surface area contributed by atoms with Crippen LogP contribution in [0.5, 0.6) is 0 Å². The number of amides is 1. The van der Waals surface area contributed by atoms with E-state index in [2.05, 4.69) is 26.6 Å². The van der Waals surface area contributed by atoms with Gasteiger partial charge in [-0.15, -0.1) is 0 Å². The number of rotatable bonds is 3. The van der Waals surface area contributed by atoms with Crippen molar-refractivity contribution in [2.45, 2.75) is 19.1 Å². The monoisotopic (exact) mass is 324 g/mol. The molecule has 0 bridgehead atoms. The molecule has 1 aromatic carbocycles. The third kappa shape index (κ3) is 3.63. The number of nitrogens with one attached hydrogen (secondary N) is 2. The van der Waals surface area contributed by atoms with Crippen LogP contribution in [0.4, 0.5) is 18.9 Å². The molecule has 7 heteroatoms. The molecule has 0 aliphatic heterocycles. The van der Waals surface area contributed by atoms with E-state index >= 15 is 0 Å². The molecule has 1 aromatic rings. The quantitative estimate of drug-likeness (QED) is 0.897. The second kappa shape index (κ2) is 5.60. The summed E-state index contributed by atoms with van der Waals surface area (Å²) in [6.45, 7) is 1.56. The Bertz CT molecular complexity index is 448. The molecule has 0 radical (unpaired) electrons. The van der Waals surface area contributed by atoms with E-state index in [-0.39, 0.29) is 16.1 Å². The van der Waals surface area contributed by atoms with Crippen molar-refractivity contribution in [3.8, 4) is 0 Å². The van der Waals surface area contributed by atoms with Gasteiger partial charge in [0.25, 0.3) is 0 Å². The predicted octanol–water partition coefficient (Wildman–Crippen LogP) is 3.01. The molecular formula is C11H12BrF3N2O. The van der Waals surface area contributed by atoms with E-state index in [0.717, 1.165) is 6.07 Å². The SMILES string of the molecule is CNC(=O)C(C)Nc1ccc(Br)c(C(F)(F)F)c1. The standard InChI is InChI=1S/C11H12BrF3N2O/c1-6(10(18)16-2)17-7-3-4-9(12)8(5-7)11(13,14)15/h3-6,17H,1-2H3,(H,16,18). The maximum absolute atomic E-state index is 12.7. The Morgan fingerprint density at radius 2 is 2.00 bits per heavy atom. The highest BCUT2D eigenvalue weighted by Gasteiger charge is 2.33. The van der Waals surface area contributed by atoms with Gasteiger partial charge >= 0.3 is 6.18 Å². The third-order valence-electron chi connectivity index (χ3n) is 2.29. The van der Waals surface area contributed by atoms with Gasteiger partial charge in [0.2, 0.25) is 5.91 Å². The molecule has 0 aromatic heterocycles. The summed E-state index contributed by atoms with van der Waals surface area (Å²) in [5, 5.41) is 5.11. The second-order valence-corrected chi connectivity index (χ2v) is 4.53. The fourth-order valence-corrected chi connectivity index (χ4v) is 1.84. The average Bonchev–Trinajstić information content (AvgIpc) is 2.29. The summed E-state index contributed by atoms with van der Waals surface area (Å²) in [6, 6.07) is 3.11. The molecule has 0 aliphatic carbocycles. The molecule has 0 fully saturated rings. The number of benzene rings is 1. The van der Waals surface area contributed by atoms with E-state index in [0.29, 0.717) is 0 Å². The van der Waals surface area contributed by atoms with Crippen LogP contribution in [0.2, 0.25) is 0 Å². The van der Waals surface area contributed by atoms with Crippen LogP contribution in [0.1, 0.15) is 12.5 Å². The van der Waals surface area contributed by atoms with Crippen molar-refractivity contribution >= 4 is 27.5 Å². The van der Waals surface area contributed by atoms with Gasteiger partial charge in [0.05, 0.1) is 5.56 Å². The zero-order chi connectivity index (χ0) is 13.9. The van der Waals surface area contributed by atoms with E-state index in [1.165, 1.54) is 19.2 Å². The van der Waals surface area contributed by atoms with Crippen LogP contribution < -0.4 is 10.6 Å². The first-order chi connectivity index (χ1) is 8.25. The lowest BCUT2D eigenvalue weighted by Crippen LogP contribution is -2.35. The van der Waals surface area contributed by atoms with Gasteiger partial charge in [-0.05, 0) is 25.1 Å². The first-order valence-electron chi connectivity index (χ1n) is 5.10. The van der Waals surface area contributed by atoms with Crippen LogP contribution in [-0.4, -0.2) is 19.0 Å². The minimum atomic E-state index is -4.44. The molecule has 0 spiro atoms. The van der Waals surface area contributed by atoms with E-state index < -0.39 is 17.8 Å². The molecule has 0 saturated carbocycles. The largest absolute Gasteiger partial charge is 0.417 e. The summed E-state index contributed by atoms with van der Waals surface area (Å²) >= 11 is 2.85. The van der Waals surface area contributed by atoms with Gasteiger partial charge in [-0.25, -0.2) is 0 Å². The molecule has 100 valence electrons. The minimum Gasteiger partial charge on any atom is -0.374 e. The molecule has 2 N–H and O–H groups in total. The van der Waals surface area contributed by atoms with Gasteiger partial charge in [0.1, 0.15) is 6.04 Å². The van der Waals surface area contributed by atoms with Gasteiger partial charge in [-0.2, -0.15) is 13.2 Å². The van der Waals surface area contributed by atoms with Gasteiger partial charge in [-0.3, -0.25) is 4.79 Å². The summed E-state index contributed by atoms with van der Waals surface area (Å²) in [7, 11) is 1.46. The van der Waals surface area contributed by atoms with E-state index in [1.807, 2.05) is 0 Å². The van der Waals surface area contributed by atoms with Crippen molar-refractivity contribution in [2.24, 2.45) is 0 Å². The van der Waals surface area contributed by atoms with Crippen molar-refractivity contribution in [1.82, 2.24) is 5.32 Å². The van der Waals surface area contributed by atoms with Gasteiger partial charge in [0.15, 0.2) is 0 Å². The number of carbonyl (C=O) groups is 1. The number of hydrogen-bond acceptors (Lipinski definition) is 2. The van der Waals surface area contributed by atoms with E-state index in [9.17, 15) is 18.0 Å². The number of anilines is 1. The Kier molecular flexibility index (Phi) is 4.61. The van der Waals surface area contributed by atoms with Crippen LogP contribution in [0.15, 0.2) is 22.7 Å². The molecule has 18 heavy (non-hydrogen) atoms. The smallest absolute Gasteiger partial charge is 0.374 e. The molecule has 0 aliphatic rings. The molecule has 1 unspecified atom stereocenters. The highest BCUT2D eigenvalue weighted by atomic mass is 79.9. The topological polar surface area (TPSA) is 41.1 Å². The van der Waals surface area contributed by atoms with Crippen molar-refractivity contribution in [1.29, 1.82) is 0 Å². The van der Waals surface area contributed by atoms with Crippen LogP contribution >= 0.6 is 15.9 Å². The van der Waals surface area contributed by atoms with E-state index in [4.69, 9.17) is 0 Å². The first-order valence-corrected chi connectivity index (χ1v) is 5.90. The first kappa shape index (κ1) is 14.8. The Labute approximate surface area is 111 Å². The highest BCUT2D eigenvalue weighted by molar-refractivity contribution is 9.10. The summed E-state index contributed by atoms with van der Waals surface area (Å²) in [4.78, 5) is 11.3. The lowest BCUT2D eigenvalue weighted by molar-refractivity contribution is -0.138. The Morgan fingerprint density at radius 3 is 2.50 bits per heavy atom. The maximum Gasteiger partial charge on any atom is 0.417 e. The molecule has 0 saturated heterocycles. The van der Waals surface area contributed by atoms with Gasteiger partial charge < -0.3 is 10.6 Å². The average molecular weight is 325 g/mol. The fourth-order valence-electron chi connectivity index (χ4n) is 1.36. The second-order valence-electron chi connectivity index (χ2n) is 3.67. The number of alkyl halides is 3. The summed E-state index contributed by atoms with van der Waals surface area (Å²) in [5.41, 5.74) is -0.543.